The standard InChI is InChI=1S/C17H18N6O2/c18-15(13-4-8-3-10(24)1-2-12(8)23-13)14-16(19)20-7-21-17(14)22-9-5-11(25)6-9/h1-4,7,9,11,18,23-25H,5-6H2,(H3,19,20,21,22). The van der Waals surface area contributed by atoms with Crippen LogP contribution in [0.15, 0.2) is 30.6 Å². The maximum atomic E-state index is 9.60. The average molecular weight is 338 g/mol. The summed E-state index contributed by atoms with van der Waals surface area (Å²) in [6.45, 7) is 0. The van der Waals surface area contributed by atoms with E-state index in [4.69, 9.17) is 11.1 Å². The highest BCUT2D eigenvalue weighted by atomic mass is 16.3. The van der Waals surface area contributed by atoms with Gasteiger partial charge in [0.15, 0.2) is 0 Å². The molecule has 128 valence electrons. The Morgan fingerprint density at radius 3 is 2.84 bits per heavy atom. The monoisotopic (exact) mass is 338 g/mol. The van der Waals surface area contributed by atoms with Gasteiger partial charge in [-0.1, -0.05) is 0 Å². The maximum Gasteiger partial charge on any atom is 0.141 e. The van der Waals surface area contributed by atoms with Crippen molar-refractivity contribution in [2.75, 3.05) is 11.1 Å². The van der Waals surface area contributed by atoms with E-state index in [1.54, 1.807) is 24.3 Å². The van der Waals surface area contributed by atoms with Crippen LogP contribution in [0.1, 0.15) is 24.1 Å². The Morgan fingerprint density at radius 1 is 1.28 bits per heavy atom. The molecule has 8 nitrogen and oxygen atoms in total. The number of hydrogen-bond donors (Lipinski definition) is 6. The molecular formula is C17H18N6O2. The fourth-order valence-electron chi connectivity index (χ4n) is 3.04. The van der Waals surface area contributed by atoms with Gasteiger partial charge in [-0.3, -0.25) is 5.41 Å². The average Bonchev–Trinajstić information content (AvgIpc) is 2.96. The molecule has 1 aliphatic rings. The highest BCUT2D eigenvalue weighted by molar-refractivity contribution is 6.16. The Balaban J connectivity index is 1.70. The fourth-order valence-corrected chi connectivity index (χ4v) is 3.04. The lowest BCUT2D eigenvalue weighted by Gasteiger charge is -2.32. The van der Waals surface area contributed by atoms with Crippen LogP contribution < -0.4 is 11.1 Å². The van der Waals surface area contributed by atoms with Crippen LogP contribution >= 0.6 is 0 Å². The van der Waals surface area contributed by atoms with E-state index in [1.165, 1.54) is 6.33 Å². The summed E-state index contributed by atoms with van der Waals surface area (Å²) in [6.07, 6.45) is 2.35. The number of nitrogens with two attached hydrogens (primary N) is 1. The summed E-state index contributed by atoms with van der Waals surface area (Å²) in [4.78, 5) is 11.4. The minimum absolute atomic E-state index is 0.107. The van der Waals surface area contributed by atoms with Crippen molar-refractivity contribution in [3.05, 3.63) is 41.9 Å². The minimum atomic E-state index is -0.291. The first-order chi connectivity index (χ1) is 12.0. The highest BCUT2D eigenvalue weighted by Crippen LogP contribution is 2.29. The summed E-state index contributed by atoms with van der Waals surface area (Å²) < 4.78 is 0. The molecule has 0 bridgehead atoms. The summed E-state index contributed by atoms with van der Waals surface area (Å²) in [5, 5.41) is 31.6. The number of phenols is 1. The van der Waals surface area contributed by atoms with Gasteiger partial charge in [0.05, 0.1) is 23.1 Å². The Labute approximate surface area is 143 Å². The number of aromatic nitrogens is 3. The third-order valence-corrected chi connectivity index (χ3v) is 4.45. The van der Waals surface area contributed by atoms with E-state index in [9.17, 15) is 10.2 Å². The molecule has 8 heteroatoms. The van der Waals surface area contributed by atoms with Crippen LogP contribution in [0.4, 0.5) is 11.6 Å². The van der Waals surface area contributed by atoms with Crippen molar-refractivity contribution in [1.29, 1.82) is 5.41 Å². The largest absolute Gasteiger partial charge is 0.508 e. The number of aliphatic hydroxyl groups is 1. The van der Waals surface area contributed by atoms with Gasteiger partial charge in [-0.2, -0.15) is 0 Å². The molecule has 7 N–H and O–H groups in total. The molecule has 1 aromatic carbocycles. The van der Waals surface area contributed by atoms with Crippen molar-refractivity contribution in [2.45, 2.75) is 25.0 Å². The zero-order valence-corrected chi connectivity index (χ0v) is 13.3. The van der Waals surface area contributed by atoms with Crippen molar-refractivity contribution >= 4 is 28.3 Å². The number of H-pyrrole nitrogens is 1. The normalized spacial score (nSPS) is 19.6. The molecule has 0 amide bonds. The quantitative estimate of drug-likeness (QED) is 0.399. The number of aromatic hydroxyl groups is 1. The van der Waals surface area contributed by atoms with Crippen LogP contribution in [0.25, 0.3) is 10.9 Å². The van der Waals surface area contributed by atoms with Gasteiger partial charge in [-0.25, -0.2) is 9.97 Å². The van der Waals surface area contributed by atoms with Crippen molar-refractivity contribution in [2.24, 2.45) is 0 Å². The molecular weight excluding hydrogens is 320 g/mol. The number of fused-ring (bicyclic) bond motifs is 1. The van der Waals surface area contributed by atoms with E-state index < -0.39 is 0 Å². The number of aliphatic hydroxyl groups excluding tert-OH is 1. The Kier molecular flexibility index (Phi) is 3.54. The lowest BCUT2D eigenvalue weighted by Crippen LogP contribution is -2.39. The molecule has 3 aromatic rings. The molecule has 0 saturated heterocycles. The number of nitrogen functional groups attached to an aromatic ring is 1. The zero-order chi connectivity index (χ0) is 17.6. The minimum Gasteiger partial charge on any atom is -0.508 e. The molecule has 2 aromatic heterocycles. The van der Waals surface area contributed by atoms with E-state index in [1.807, 2.05) is 0 Å². The molecule has 0 aliphatic heterocycles. The number of phenolic OH excluding ortho intramolecular Hbond substituents is 1. The molecule has 0 unspecified atom stereocenters. The van der Waals surface area contributed by atoms with E-state index >= 15 is 0 Å². The summed E-state index contributed by atoms with van der Waals surface area (Å²) in [5.74, 6) is 0.859. The lowest BCUT2D eigenvalue weighted by molar-refractivity contribution is 0.0835. The van der Waals surface area contributed by atoms with Crippen LogP contribution in [0, 0.1) is 5.41 Å². The van der Waals surface area contributed by atoms with Gasteiger partial charge in [0.2, 0.25) is 0 Å². The number of rotatable bonds is 4. The zero-order valence-electron chi connectivity index (χ0n) is 13.3. The molecule has 2 heterocycles. The van der Waals surface area contributed by atoms with Gasteiger partial charge in [0.1, 0.15) is 23.7 Å². The van der Waals surface area contributed by atoms with Gasteiger partial charge >= 0.3 is 0 Å². The SMILES string of the molecule is N=C(c1cc2cc(O)ccc2[nH]1)c1c(N)ncnc1NC1CC(O)C1. The summed E-state index contributed by atoms with van der Waals surface area (Å²) in [7, 11) is 0. The molecule has 1 aliphatic carbocycles. The molecule has 0 atom stereocenters. The van der Waals surface area contributed by atoms with Crippen molar-refractivity contribution in [3.8, 4) is 5.75 Å². The van der Waals surface area contributed by atoms with Crippen LogP contribution in [0.5, 0.6) is 5.75 Å². The fraction of sp³-hybridized carbons (Fsp3) is 0.235. The van der Waals surface area contributed by atoms with Gasteiger partial charge < -0.3 is 26.2 Å². The number of aromatic amines is 1. The Morgan fingerprint density at radius 2 is 2.08 bits per heavy atom. The number of nitrogens with zero attached hydrogens (tertiary/aromatic N) is 2. The molecule has 25 heavy (non-hydrogen) atoms. The van der Waals surface area contributed by atoms with E-state index in [2.05, 4.69) is 20.3 Å². The van der Waals surface area contributed by atoms with Gasteiger partial charge in [-0.15, -0.1) is 0 Å². The van der Waals surface area contributed by atoms with E-state index in [0.29, 0.717) is 29.9 Å². The first-order valence-corrected chi connectivity index (χ1v) is 7.97. The Bertz CT molecular complexity index is 961. The summed E-state index contributed by atoms with van der Waals surface area (Å²) in [6, 6.07) is 6.85. The molecule has 4 rings (SSSR count). The Hall–Kier alpha value is -3.13. The third-order valence-electron chi connectivity index (χ3n) is 4.45. The van der Waals surface area contributed by atoms with Crippen molar-refractivity contribution in [3.63, 3.8) is 0 Å². The van der Waals surface area contributed by atoms with Crippen LogP contribution in [-0.2, 0) is 0 Å². The molecule has 0 spiro atoms. The van der Waals surface area contributed by atoms with Gasteiger partial charge in [0.25, 0.3) is 0 Å². The van der Waals surface area contributed by atoms with Crippen molar-refractivity contribution < 1.29 is 10.2 Å². The molecule has 1 fully saturated rings. The second-order valence-electron chi connectivity index (χ2n) is 6.28. The number of hydrogen-bond acceptors (Lipinski definition) is 7. The lowest BCUT2D eigenvalue weighted by atomic mass is 9.89. The summed E-state index contributed by atoms with van der Waals surface area (Å²) in [5.41, 5.74) is 7.95. The predicted molar refractivity (Wildman–Crippen MR) is 95.0 cm³/mol. The smallest absolute Gasteiger partial charge is 0.141 e. The van der Waals surface area contributed by atoms with E-state index in [0.717, 1.165) is 10.9 Å². The van der Waals surface area contributed by atoms with Crippen LogP contribution in [-0.4, -0.2) is 43.0 Å². The number of benzene rings is 1. The topological polar surface area (TPSA) is 144 Å². The van der Waals surface area contributed by atoms with Gasteiger partial charge in [-0.05, 0) is 37.1 Å². The third kappa shape index (κ3) is 2.76. The molecule has 0 radical (unpaired) electrons. The highest BCUT2D eigenvalue weighted by Gasteiger charge is 2.29. The maximum absolute atomic E-state index is 9.60. The van der Waals surface area contributed by atoms with Crippen molar-refractivity contribution in [1.82, 2.24) is 15.0 Å². The predicted octanol–water partition coefficient (Wildman–Crippen LogP) is 1.60. The van der Waals surface area contributed by atoms with Crippen LogP contribution in [0.3, 0.4) is 0 Å². The van der Waals surface area contributed by atoms with Gasteiger partial charge in [0, 0.05) is 16.9 Å². The first-order valence-electron chi connectivity index (χ1n) is 7.97. The first kappa shape index (κ1) is 15.4. The number of anilines is 2. The second-order valence-corrected chi connectivity index (χ2v) is 6.28. The summed E-state index contributed by atoms with van der Waals surface area (Å²) >= 11 is 0. The molecule has 1 saturated carbocycles. The number of nitrogens with one attached hydrogen (secondary N) is 3. The van der Waals surface area contributed by atoms with E-state index in [-0.39, 0.29) is 29.4 Å². The second kappa shape index (κ2) is 5.75. The van der Waals surface area contributed by atoms with Crippen LogP contribution in [0.2, 0.25) is 0 Å².